The summed E-state index contributed by atoms with van der Waals surface area (Å²) in [5.74, 6) is 0. The molecule has 0 spiro atoms. The maximum absolute atomic E-state index is 2.27. The molecular formula is C30H24Se. The van der Waals surface area contributed by atoms with Gasteiger partial charge in [0.2, 0.25) is 0 Å². The molecule has 1 heterocycles. The Morgan fingerprint density at radius 2 is 0.710 bits per heavy atom. The van der Waals surface area contributed by atoms with E-state index in [0.717, 1.165) is 12.8 Å². The fraction of sp³-hybridized carbons (Fsp3) is 0.0667. The Labute approximate surface area is 190 Å². The van der Waals surface area contributed by atoms with E-state index >= 15 is 0 Å². The van der Waals surface area contributed by atoms with Crippen LogP contribution in [0.1, 0.15) is 22.3 Å². The van der Waals surface area contributed by atoms with E-state index < -0.39 is 0 Å². The summed E-state index contributed by atoms with van der Waals surface area (Å²) in [6.07, 6.45) is 1.95. The zero-order valence-corrected chi connectivity index (χ0v) is 19.1. The van der Waals surface area contributed by atoms with Gasteiger partial charge in [0, 0.05) is 0 Å². The standard InChI is InChI=1S/C30H24Se/c1-5-13-23(14-6-1)21-27-28(22-24-15-7-2-8-16-24)30(26-19-11-4-12-20-26)31-29(27)25-17-9-3-10-18-25/h1-20H,21-22H2. The number of hydrogen-bond donors (Lipinski definition) is 0. The minimum absolute atomic E-state index is 0.275. The Hall–Kier alpha value is -3.12. The summed E-state index contributed by atoms with van der Waals surface area (Å²) in [4.78, 5) is 0. The van der Waals surface area contributed by atoms with Gasteiger partial charge in [0.25, 0.3) is 0 Å². The summed E-state index contributed by atoms with van der Waals surface area (Å²) in [5, 5.41) is 0. The van der Waals surface area contributed by atoms with Crippen LogP contribution in [0.3, 0.4) is 0 Å². The average molecular weight is 463 g/mol. The van der Waals surface area contributed by atoms with E-state index in [1.54, 1.807) is 0 Å². The zero-order chi connectivity index (χ0) is 20.9. The molecule has 0 amide bonds. The van der Waals surface area contributed by atoms with Crippen molar-refractivity contribution in [2.75, 3.05) is 0 Å². The molecule has 0 nitrogen and oxygen atoms in total. The molecule has 4 aromatic carbocycles. The molecule has 0 N–H and O–H groups in total. The summed E-state index contributed by atoms with van der Waals surface area (Å²) in [7, 11) is 0. The Morgan fingerprint density at radius 3 is 1.06 bits per heavy atom. The fourth-order valence-corrected chi connectivity index (χ4v) is 6.95. The van der Waals surface area contributed by atoms with Gasteiger partial charge in [0.1, 0.15) is 0 Å². The Morgan fingerprint density at radius 1 is 0.387 bits per heavy atom. The van der Waals surface area contributed by atoms with Crippen molar-refractivity contribution >= 4 is 14.5 Å². The van der Waals surface area contributed by atoms with Gasteiger partial charge in [-0.2, -0.15) is 0 Å². The first-order chi connectivity index (χ1) is 15.4. The second-order valence-corrected chi connectivity index (χ2v) is 9.92. The number of rotatable bonds is 6. The molecule has 0 aliphatic rings. The van der Waals surface area contributed by atoms with Crippen molar-refractivity contribution in [3.8, 4) is 20.0 Å². The van der Waals surface area contributed by atoms with Crippen LogP contribution in [0.2, 0.25) is 0 Å². The summed E-state index contributed by atoms with van der Waals surface area (Å²) in [5.41, 5.74) is 8.51. The number of hydrogen-bond acceptors (Lipinski definition) is 0. The van der Waals surface area contributed by atoms with Crippen LogP contribution in [0.5, 0.6) is 0 Å². The first-order valence-corrected chi connectivity index (χ1v) is 12.4. The molecule has 150 valence electrons. The van der Waals surface area contributed by atoms with Crippen molar-refractivity contribution in [1.29, 1.82) is 0 Å². The van der Waals surface area contributed by atoms with Crippen molar-refractivity contribution in [1.82, 2.24) is 0 Å². The van der Waals surface area contributed by atoms with E-state index in [2.05, 4.69) is 121 Å². The molecule has 0 aliphatic carbocycles. The average Bonchev–Trinajstić information content (AvgIpc) is 3.19. The third kappa shape index (κ3) is 4.49. The van der Waals surface area contributed by atoms with Crippen LogP contribution in [-0.4, -0.2) is 14.5 Å². The van der Waals surface area contributed by atoms with Gasteiger partial charge in [0.05, 0.1) is 0 Å². The van der Waals surface area contributed by atoms with E-state index in [0.29, 0.717) is 0 Å². The van der Waals surface area contributed by atoms with Gasteiger partial charge in [-0.3, -0.25) is 0 Å². The molecule has 1 heteroatoms. The molecule has 0 atom stereocenters. The summed E-state index contributed by atoms with van der Waals surface area (Å²) in [6.45, 7) is 0. The molecule has 0 saturated heterocycles. The number of benzene rings is 4. The van der Waals surface area contributed by atoms with Crippen LogP contribution in [0.4, 0.5) is 0 Å². The van der Waals surface area contributed by atoms with Crippen molar-refractivity contribution in [2.24, 2.45) is 0 Å². The van der Waals surface area contributed by atoms with E-state index in [9.17, 15) is 0 Å². The van der Waals surface area contributed by atoms with Crippen molar-refractivity contribution in [3.63, 3.8) is 0 Å². The second kappa shape index (κ2) is 9.35. The molecule has 0 aliphatic heterocycles. The predicted octanol–water partition coefficient (Wildman–Crippen LogP) is 7.26. The SMILES string of the molecule is c1ccc(Cc2c(-c3ccccc3)[se]c(-c3ccccc3)c2Cc2ccccc2)cc1. The van der Waals surface area contributed by atoms with Crippen LogP contribution in [0.15, 0.2) is 121 Å². The molecule has 5 rings (SSSR count). The van der Waals surface area contributed by atoms with E-state index in [-0.39, 0.29) is 14.5 Å². The van der Waals surface area contributed by atoms with E-state index in [1.165, 1.54) is 42.3 Å². The van der Waals surface area contributed by atoms with Gasteiger partial charge >= 0.3 is 191 Å². The molecular weight excluding hydrogens is 439 g/mol. The molecule has 0 radical (unpaired) electrons. The predicted molar refractivity (Wildman–Crippen MR) is 133 cm³/mol. The summed E-state index contributed by atoms with van der Waals surface area (Å²) in [6, 6.07) is 43.8. The molecule has 0 unspecified atom stereocenters. The van der Waals surface area contributed by atoms with Gasteiger partial charge < -0.3 is 0 Å². The zero-order valence-electron chi connectivity index (χ0n) is 17.4. The minimum atomic E-state index is 0.275. The topological polar surface area (TPSA) is 0 Å². The third-order valence-electron chi connectivity index (χ3n) is 5.64. The van der Waals surface area contributed by atoms with Crippen LogP contribution >= 0.6 is 0 Å². The van der Waals surface area contributed by atoms with Gasteiger partial charge in [-0.05, 0) is 0 Å². The Bertz CT molecular complexity index is 1140. The monoisotopic (exact) mass is 464 g/mol. The molecule has 0 bridgehead atoms. The van der Waals surface area contributed by atoms with Crippen molar-refractivity contribution < 1.29 is 0 Å². The van der Waals surface area contributed by atoms with Crippen LogP contribution < -0.4 is 0 Å². The second-order valence-electron chi connectivity index (χ2n) is 7.77. The molecule has 0 fully saturated rings. The molecule has 0 saturated carbocycles. The third-order valence-corrected chi connectivity index (χ3v) is 8.52. The van der Waals surface area contributed by atoms with Crippen LogP contribution in [-0.2, 0) is 12.8 Å². The van der Waals surface area contributed by atoms with Gasteiger partial charge in [0.15, 0.2) is 0 Å². The van der Waals surface area contributed by atoms with E-state index in [1.807, 2.05) is 0 Å². The molecule has 1 aromatic heterocycles. The Balaban J connectivity index is 1.72. The van der Waals surface area contributed by atoms with E-state index in [4.69, 9.17) is 0 Å². The first-order valence-electron chi connectivity index (χ1n) is 10.7. The van der Waals surface area contributed by atoms with Crippen molar-refractivity contribution in [2.45, 2.75) is 12.8 Å². The first kappa shape index (κ1) is 19.8. The van der Waals surface area contributed by atoms with Gasteiger partial charge in [-0.1, -0.05) is 0 Å². The van der Waals surface area contributed by atoms with Gasteiger partial charge in [-0.15, -0.1) is 0 Å². The van der Waals surface area contributed by atoms with Crippen LogP contribution in [0, 0.1) is 0 Å². The molecule has 31 heavy (non-hydrogen) atoms. The summed E-state index contributed by atoms with van der Waals surface area (Å²) < 4.78 is 3.06. The summed E-state index contributed by atoms with van der Waals surface area (Å²) >= 11 is 0.275. The van der Waals surface area contributed by atoms with Gasteiger partial charge in [-0.25, -0.2) is 0 Å². The van der Waals surface area contributed by atoms with Crippen LogP contribution in [0.25, 0.3) is 20.0 Å². The molecule has 5 aromatic rings. The Kier molecular flexibility index (Phi) is 5.98. The normalized spacial score (nSPS) is 10.8. The maximum atomic E-state index is 2.27. The van der Waals surface area contributed by atoms with Crippen molar-refractivity contribution in [3.05, 3.63) is 144 Å². The quantitative estimate of drug-likeness (QED) is 0.233. The fourth-order valence-electron chi connectivity index (χ4n) is 4.12.